The molecule has 2 heterocycles. The minimum Gasteiger partial charge on any atom is -0.381 e. The molecule has 2 aliphatic heterocycles. The summed E-state index contributed by atoms with van der Waals surface area (Å²) < 4.78 is 0. The van der Waals surface area contributed by atoms with Gasteiger partial charge in [0.25, 0.3) is 11.8 Å². The van der Waals surface area contributed by atoms with Gasteiger partial charge in [-0.1, -0.05) is 24.3 Å². The van der Waals surface area contributed by atoms with Crippen LogP contribution in [0.5, 0.6) is 0 Å². The summed E-state index contributed by atoms with van der Waals surface area (Å²) in [6.45, 7) is 0.459. The number of anilines is 1. The topological polar surface area (TPSA) is 122 Å². The molecule has 2 aromatic rings. The summed E-state index contributed by atoms with van der Waals surface area (Å²) in [7, 11) is 0. The van der Waals surface area contributed by atoms with E-state index in [0.717, 1.165) is 34.6 Å². The Bertz CT molecular complexity index is 1140. The zero-order valence-corrected chi connectivity index (χ0v) is 16.8. The quantitative estimate of drug-likeness (QED) is 0.635. The molecule has 158 valence electrons. The van der Waals surface area contributed by atoms with Crippen LogP contribution in [0.15, 0.2) is 42.5 Å². The van der Waals surface area contributed by atoms with Crippen LogP contribution in [0, 0.1) is 0 Å². The second-order valence-corrected chi connectivity index (χ2v) is 8.38. The van der Waals surface area contributed by atoms with Gasteiger partial charge in [-0.2, -0.15) is 0 Å². The summed E-state index contributed by atoms with van der Waals surface area (Å²) in [6, 6.07) is 12.1. The predicted molar refractivity (Wildman–Crippen MR) is 112 cm³/mol. The van der Waals surface area contributed by atoms with Gasteiger partial charge in [-0.3, -0.25) is 29.4 Å². The Morgan fingerprint density at radius 2 is 1.77 bits per heavy atom. The van der Waals surface area contributed by atoms with Crippen molar-refractivity contribution >= 4 is 29.3 Å². The number of benzene rings is 2. The van der Waals surface area contributed by atoms with Crippen molar-refractivity contribution in [1.82, 2.24) is 10.2 Å². The molecule has 3 aliphatic rings. The maximum Gasteiger partial charge on any atom is 0.262 e. The van der Waals surface area contributed by atoms with E-state index in [0.29, 0.717) is 6.54 Å². The van der Waals surface area contributed by atoms with Gasteiger partial charge in [0.15, 0.2) is 0 Å². The molecule has 0 spiro atoms. The first kappa shape index (κ1) is 19.4. The lowest BCUT2D eigenvalue weighted by atomic mass is 10.0. The van der Waals surface area contributed by atoms with E-state index in [9.17, 15) is 19.2 Å². The van der Waals surface area contributed by atoms with Crippen molar-refractivity contribution in [2.24, 2.45) is 5.73 Å². The molecule has 5 rings (SSSR count). The molecular weight excluding hydrogens is 396 g/mol. The zero-order valence-electron chi connectivity index (χ0n) is 16.8. The van der Waals surface area contributed by atoms with E-state index in [1.165, 1.54) is 0 Å². The number of hydrogen-bond acceptors (Lipinski definition) is 6. The average molecular weight is 418 g/mol. The Morgan fingerprint density at radius 1 is 1.03 bits per heavy atom. The third-order valence-corrected chi connectivity index (χ3v) is 6.24. The van der Waals surface area contributed by atoms with Gasteiger partial charge in [0.2, 0.25) is 11.8 Å². The summed E-state index contributed by atoms with van der Waals surface area (Å²) in [5.41, 5.74) is 9.52. The lowest BCUT2D eigenvalue weighted by Gasteiger charge is -2.27. The van der Waals surface area contributed by atoms with Gasteiger partial charge < -0.3 is 11.1 Å². The molecule has 1 unspecified atom stereocenters. The largest absolute Gasteiger partial charge is 0.381 e. The van der Waals surface area contributed by atoms with E-state index >= 15 is 0 Å². The highest BCUT2D eigenvalue weighted by molar-refractivity contribution is 6.23. The number of para-hydroxylation sites is 1. The minimum absolute atomic E-state index is 0.0982. The maximum absolute atomic E-state index is 13.0. The summed E-state index contributed by atoms with van der Waals surface area (Å²) in [5.74, 6) is -2.01. The van der Waals surface area contributed by atoms with Crippen molar-refractivity contribution in [2.45, 2.75) is 43.8 Å². The van der Waals surface area contributed by atoms with Crippen molar-refractivity contribution in [2.75, 3.05) is 5.32 Å². The number of nitrogens with zero attached hydrogens (tertiary/aromatic N) is 1. The summed E-state index contributed by atoms with van der Waals surface area (Å²) >= 11 is 0. The number of piperidine rings is 1. The fourth-order valence-corrected chi connectivity index (χ4v) is 4.30. The molecule has 1 atom stereocenters. The van der Waals surface area contributed by atoms with E-state index in [1.807, 2.05) is 24.3 Å². The Morgan fingerprint density at radius 3 is 2.52 bits per heavy atom. The molecule has 4 amide bonds. The average Bonchev–Trinajstić information content (AvgIpc) is 3.46. The molecule has 1 saturated carbocycles. The second-order valence-electron chi connectivity index (χ2n) is 8.38. The summed E-state index contributed by atoms with van der Waals surface area (Å²) in [6.07, 6.45) is 2.15. The number of hydrogen-bond donors (Lipinski definition) is 3. The van der Waals surface area contributed by atoms with Gasteiger partial charge in [0.05, 0.1) is 11.1 Å². The van der Waals surface area contributed by atoms with Gasteiger partial charge in [-0.25, -0.2) is 0 Å². The van der Waals surface area contributed by atoms with Crippen molar-refractivity contribution in [3.05, 3.63) is 64.7 Å². The van der Waals surface area contributed by atoms with E-state index in [2.05, 4.69) is 10.6 Å². The van der Waals surface area contributed by atoms with Gasteiger partial charge in [-0.05, 0) is 48.6 Å². The highest BCUT2D eigenvalue weighted by atomic mass is 16.2. The first-order valence-corrected chi connectivity index (χ1v) is 10.3. The van der Waals surface area contributed by atoms with E-state index in [-0.39, 0.29) is 29.5 Å². The maximum atomic E-state index is 13.0. The van der Waals surface area contributed by atoms with Crippen LogP contribution in [0.25, 0.3) is 0 Å². The fourth-order valence-electron chi connectivity index (χ4n) is 4.30. The van der Waals surface area contributed by atoms with Crippen molar-refractivity contribution < 1.29 is 19.2 Å². The number of amides is 4. The minimum atomic E-state index is -0.960. The molecule has 0 radical (unpaired) electrons. The normalized spacial score (nSPS) is 21.7. The van der Waals surface area contributed by atoms with E-state index in [1.54, 1.807) is 18.2 Å². The Labute approximate surface area is 178 Å². The number of fused-ring (bicyclic) bond motifs is 1. The Kier molecular flexibility index (Phi) is 4.40. The number of nitrogens with two attached hydrogens (primary N) is 1. The van der Waals surface area contributed by atoms with Crippen LogP contribution in [0.2, 0.25) is 0 Å². The molecule has 1 aliphatic carbocycles. The molecule has 1 saturated heterocycles. The lowest BCUT2D eigenvalue weighted by Crippen LogP contribution is -2.54. The fraction of sp³-hybridized carbons (Fsp3) is 0.304. The molecule has 2 aromatic carbocycles. The third-order valence-electron chi connectivity index (χ3n) is 6.24. The van der Waals surface area contributed by atoms with E-state index < -0.39 is 29.7 Å². The van der Waals surface area contributed by atoms with Gasteiger partial charge >= 0.3 is 0 Å². The zero-order chi connectivity index (χ0) is 21.8. The van der Waals surface area contributed by atoms with Crippen LogP contribution < -0.4 is 16.4 Å². The smallest absolute Gasteiger partial charge is 0.262 e. The van der Waals surface area contributed by atoms with Gasteiger partial charge in [0, 0.05) is 24.2 Å². The number of carbonyl (C=O) groups excluding carboxylic acids is 4. The van der Waals surface area contributed by atoms with E-state index in [4.69, 9.17) is 5.73 Å². The Balaban J connectivity index is 1.35. The molecule has 8 heteroatoms. The lowest BCUT2D eigenvalue weighted by molar-refractivity contribution is -0.136. The molecule has 4 N–H and O–H groups in total. The van der Waals surface area contributed by atoms with Crippen molar-refractivity contribution in [1.29, 1.82) is 0 Å². The summed E-state index contributed by atoms with van der Waals surface area (Å²) in [4.78, 5) is 50.3. The Hall–Kier alpha value is -3.52. The second kappa shape index (κ2) is 7.02. The van der Waals surface area contributed by atoms with Crippen LogP contribution in [0.1, 0.15) is 57.5 Å². The van der Waals surface area contributed by atoms with Gasteiger partial charge in [0.1, 0.15) is 6.04 Å². The van der Waals surface area contributed by atoms with Crippen LogP contribution in [0.3, 0.4) is 0 Å². The SMILES string of the molecule is NC1(c2ccccc2NCc2ccc3c(c2)C(=O)N(C2CCC(=O)NC2=O)C3=O)CC1. The molecular formula is C23H22N4O4. The molecule has 31 heavy (non-hydrogen) atoms. The molecule has 0 bridgehead atoms. The highest BCUT2D eigenvalue weighted by Crippen LogP contribution is 2.45. The van der Waals surface area contributed by atoms with Gasteiger partial charge in [-0.15, -0.1) is 0 Å². The number of carbonyl (C=O) groups is 4. The monoisotopic (exact) mass is 418 g/mol. The third kappa shape index (κ3) is 3.29. The number of imide groups is 2. The van der Waals surface area contributed by atoms with Crippen LogP contribution in [0.4, 0.5) is 5.69 Å². The number of nitrogens with one attached hydrogen (secondary N) is 2. The predicted octanol–water partition coefficient (Wildman–Crippen LogP) is 1.65. The standard InChI is InChI=1S/C23H22N4O4/c24-23(9-10-23)16-3-1-2-4-17(16)25-12-13-5-6-14-15(11-13)22(31)27(21(14)30)18-7-8-19(28)26-20(18)29/h1-6,11,18,25H,7-10,12,24H2,(H,26,28,29). The first-order chi connectivity index (χ1) is 14.9. The number of rotatable bonds is 5. The van der Waals surface area contributed by atoms with Crippen LogP contribution in [-0.4, -0.2) is 34.6 Å². The van der Waals surface area contributed by atoms with Crippen LogP contribution >= 0.6 is 0 Å². The molecule has 2 fully saturated rings. The highest BCUT2D eigenvalue weighted by Gasteiger charge is 2.44. The van der Waals surface area contributed by atoms with Crippen molar-refractivity contribution in [3.63, 3.8) is 0 Å². The molecule has 0 aromatic heterocycles. The molecule has 8 nitrogen and oxygen atoms in total. The van der Waals surface area contributed by atoms with Crippen LogP contribution in [-0.2, 0) is 21.7 Å². The van der Waals surface area contributed by atoms with Crippen molar-refractivity contribution in [3.8, 4) is 0 Å². The first-order valence-electron chi connectivity index (χ1n) is 10.3. The summed E-state index contributed by atoms with van der Waals surface area (Å²) in [5, 5.41) is 5.59.